The lowest BCUT2D eigenvalue weighted by Gasteiger charge is -2.26. The zero-order valence-electron chi connectivity index (χ0n) is 16.4. The van der Waals surface area contributed by atoms with Gasteiger partial charge in [0.2, 0.25) is 0 Å². The highest BCUT2D eigenvalue weighted by Gasteiger charge is 2.13. The molecule has 2 aromatic carbocycles. The van der Waals surface area contributed by atoms with Gasteiger partial charge in [-0.05, 0) is 29.7 Å². The summed E-state index contributed by atoms with van der Waals surface area (Å²) in [4.78, 5) is 8.45. The topological polar surface area (TPSA) is 29.8 Å². The third-order valence-corrected chi connectivity index (χ3v) is 6.04. The quantitative estimate of drug-likeness (QED) is 0.623. The molecule has 0 radical (unpaired) electrons. The molecule has 1 aromatic heterocycles. The van der Waals surface area contributed by atoms with Crippen molar-refractivity contribution in [3.8, 4) is 11.3 Å². The summed E-state index contributed by atoms with van der Waals surface area (Å²) in [6.07, 6.45) is 1.07. The Bertz CT molecular complexity index is 938. The lowest BCUT2D eigenvalue weighted by atomic mass is 10.1. The van der Waals surface area contributed by atoms with Gasteiger partial charge in [-0.1, -0.05) is 49.4 Å². The average Bonchev–Trinajstić information content (AvgIpc) is 3.16. The highest BCUT2D eigenvalue weighted by atomic mass is 32.1. The second-order valence-electron chi connectivity index (χ2n) is 7.01. The number of aromatic nitrogens is 1. The third kappa shape index (κ3) is 4.61. The number of thiazole rings is 1. The number of morpholine rings is 1. The van der Waals surface area contributed by atoms with Crippen LogP contribution in [0.5, 0.6) is 0 Å². The summed E-state index contributed by atoms with van der Waals surface area (Å²) in [6, 6.07) is 19.1. The lowest BCUT2D eigenvalue weighted by molar-refractivity contribution is 0.0363. The lowest BCUT2D eigenvalue weighted by Crippen LogP contribution is -2.39. The number of benzene rings is 2. The van der Waals surface area contributed by atoms with E-state index >= 15 is 0 Å². The number of hydrogen-bond donors (Lipinski definition) is 0. The molecule has 2 heterocycles. The normalized spacial score (nSPS) is 15.8. The Morgan fingerprint density at radius 3 is 2.43 bits per heavy atom. The Morgan fingerprint density at radius 2 is 1.71 bits per heavy atom. The number of aryl methyl sites for hydroxylation is 1. The van der Waals surface area contributed by atoms with Gasteiger partial charge in [-0.25, -0.2) is 4.99 Å². The first-order valence-electron chi connectivity index (χ1n) is 10.0. The SMILES string of the molecule is CCc1ccc(-c2csc(=Nc3ccccc3)n2CCN2CCOCC2)cc1. The van der Waals surface area contributed by atoms with Crippen LogP contribution in [0, 0.1) is 0 Å². The van der Waals surface area contributed by atoms with Gasteiger partial charge in [0.1, 0.15) is 0 Å². The molecule has 0 bridgehead atoms. The molecule has 4 nitrogen and oxygen atoms in total. The van der Waals surface area contributed by atoms with Crippen molar-refractivity contribution in [1.82, 2.24) is 9.47 Å². The second-order valence-corrected chi connectivity index (χ2v) is 7.84. The number of ether oxygens (including phenoxy) is 1. The second kappa shape index (κ2) is 9.32. The molecular weight excluding hydrogens is 366 g/mol. The molecular formula is C23H27N3OS. The van der Waals surface area contributed by atoms with Crippen LogP contribution in [-0.4, -0.2) is 42.3 Å². The molecule has 0 amide bonds. The maximum atomic E-state index is 5.49. The van der Waals surface area contributed by atoms with Gasteiger partial charge in [0.15, 0.2) is 4.80 Å². The summed E-state index contributed by atoms with van der Waals surface area (Å²) >= 11 is 1.72. The van der Waals surface area contributed by atoms with Gasteiger partial charge in [-0.2, -0.15) is 0 Å². The van der Waals surface area contributed by atoms with Crippen molar-refractivity contribution in [1.29, 1.82) is 0 Å². The molecule has 3 aromatic rings. The fraction of sp³-hybridized carbons (Fsp3) is 0.348. The number of hydrogen-bond acceptors (Lipinski definition) is 4. The van der Waals surface area contributed by atoms with Gasteiger partial charge in [-0.15, -0.1) is 11.3 Å². The Labute approximate surface area is 170 Å². The van der Waals surface area contributed by atoms with Gasteiger partial charge in [-0.3, -0.25) is 4.90 Å². The minimum Gasteiger partial charge on any atom is -0.379 e. The molecule has 0 spiro atoms. The van der Waals surface area contributed by atoms with Crippen molar-refractivity contribution >= 4 is 17.0 Å². The number of rotatable bonds is 6. The Morgan fingerprint density at radius 1 is 0.964 bits per heavy atom. The Balaban J connectivity index is 1.67. The van der Waals surface area contributed by atoms with Crippen LogP contribution in [0.2, 0.25) is 0 Å². The highest BCUT2D eigenvalue weighted by molar-refractivity contribution is 7.07. The van der Waals surface area contributed by atoms with Crippen LogP contribution in [0.15, 0.2) is 65.0 Å². The largest absolute Gasteiger partial charge is 0.379 e. The zero-order valence-corrected chi connectivity index (χ0v) is 17.2. The van der Waals surface area contributed by atoms with Crippen LogP contribution in [-0.2, 0) is 17.7 Å². The van der Waals surface area contributed by atoms with Crippen LogP contribution >= 0.6 is 11.3 Å². The van der Waals surface area contributed by atoms with Gasteiger partial charge in [0, 0.05) is 31.6 Å². The summed E-state index contributed by atoms with van der Waals surface area (Å²) in [7, 11) is 0. The predicted octanol–water partition coefficient (Wildman–Crippen LogP) is 4.34. The standard InChI is InChI=1S/C23H27N3OS/c1-2-19-8-10-20(11-9-19)22-18-28-23(24-21-6-4-3-5-7-21)26(22)13-12-25-14-16-27-17-15-25/h3-11,18H,2,12-17H2,1H3. The van der Waals surface area contributed by atoms with Crippen molar-refractivity contribution in [2.75, 3.05) is 32.8 Å². The summed E-state index contributed by atoms with van der Waals surface area (Å²) < 4.78 is 7.86. The van der Waals surface area contributed by atoms with E-state index in [1.165, 1.54) is 16.8 Å². The maximum absolute atomic E-state index is 5.49. The maximum Gasteiger partial charge on any atom is 0.190 e. The van der Waals surface area contributed by atoms with E-state index in [2.05, 4.69) is 58.2 Å². The Hall–Kier alpha value is -2.21. The van der Waals surface area contributed by atoms with Gasteiger partial charge in [0.25, 0.3) is 0 Å². The first-order chi connectivity index (χ1) is 13.8. The van der Waals surface area contributed by atoms with Crippen molar-refractivity contribution in [3.05, 3.63) is 70.3 Å². The van der Waals surface area contributed by atoms with Crippen LogP contribution in [0.3, 0.4) is 0 Å². The van der Waals surface area contributed by atoms with Crippen LogP contribution in [0.25, 0.3) is 11.3 Å². The minimum absolute atomic E-state index is 0.834. The average molecular weight is 394 g/mol. The molecule has 5 heteroatoms. The summed E-state index contributed by atoms with van der Waals surface area (Å²) in [5.74, 6) is 0. The van der Waals surface area contributed by atoms with E-state index in [0.717, 1.165) is 56.3 Å². The minimum atomic E-state index is 0.834. The van der Waals surface area contributed by atoms with Crippen molar-refractivity contribution in [2.45, 2.75) is 19.9 Å². The molecule has 0 unspecified atom stereocenters. The zero-order chi connectivity index (χ0) is 19.2. The van der Waals surface area contributed by atoms with E-state index in [1.807, 2.05) is 18.2 Å². The van der Waals surface area contributed by atoms with Gasteiger partial charge < -0.3 is 9.30 Å². The molecule has 0 aliphatic carbocycles. The van der Waals surface area contributed by atoms with Crippen molar-refractivity contribution in [2.24, 2.45) is 4.99 Å². The summed E-state index contributed by atoms with van der Waals surface area (Å²) in [6.45, 7) is 7.83. The Kier molecular flexibility index (Phi) is 6.37. The van der Waals surface area contributed by atoms with E-state index in [4.69, 9.17) is 9.73 Å². The number of nitrogens with zero attached hydrogens (tertiary/aromatic N) is 3. The van der Waals surface area contributed by atoms with E-state index in [1.54, 1.807) is 11.3 Å². The van der Waals surface area contributed by atoms with Crippen LogP contribution < -0.4 is 4.80 Å². The third-order valence-electron chi connectivity index (χ3n) is 5.18. The highest BCUT2D eigenvalue weighted by Crippen LogP contribution is 2.22. The van der Waals surface area contributed by atoms with Crippen molar-refractivity contribution in [3.63, 3.8) is 0 Å². The first kappa shape index (κ1) is 19.1. The first-order valence-corrected chi connectivity index (χ1v) is 10.9. The molecule has 4 rings (SSSR count). The van der Waals surface area contributed by atoms with Gasteiger partial charge >= 0.3 is 0 Å². The van der Waals surface area contributed by atoms with E-state index in [-0.39, 0.29) is 0 Å². The fourth-order valence-corrected chi connectivity index (χ4v) is 4.41. The molecule has 0 N–H and O–H groups in total. The monoisotopic (exact) mass is 393 g/mol. The summed E-state index contributed by atoms with van der Waals surface area (Å²) in [5.41, 5.74) is 4.87. The predicted molar refractivity (Wildman–Crippen MR) is 116 cm³/mol. The molecule has 1 aliphatic heterocycles. The number of para-hydroxylation sites is 1. The molecule has 146 valence electrons. The molecule has 1 saturated heterocycles. The molecule has 0 saturated carbocycles. The summed E-state index contributed by atoms with van der Waals surface area (Å²) in [5, 5.41) is 2.24. The molecule has 1 fully saturated rings. The van der Waals surface area contributed by atoms with Gasteiger partial charge in [0.05, 0.1) is 24.6 Å². The van der Waals surface area contributed by atoms with Crippen LogP contribution in [0.1, 0.15) is 12.5 Å². The fourth-order valence-electron chi connectivity index (χ4n) is 3.46. The van der Waals surface area contributed by atoms with E-state index in [9.17, 15) is 0 Å². The molecule has 1 aliphatic rings. The van der Waals surface area contributed by atoms with E-state index in [0.29, 0.717) is 0 Å². The van der Waals surface area contributed by atoms with E-state index < -0.39 is 0 Å². The molecule has 28 heavy (non-hydrogen) atoms. The van der Waals surface area contributed by atoms with Crippen LogP contribution in [0.4, 0.5) is 5.69 Å². The molecule has 0 atom stereocenters. The van der Waals surface area contributed by atoms with Crippen molar-refractivity contribution < 1.29 is 4.74 Å². The smallest absolute Gasteiger partial charge is 0.190 e.